The molecule has 1 aromatic heterocycles. The van der Waals surface area contributed by atoms with Crippen LogP contribution in [0.1, 0.15) is 44.0 Å². The maximum absolute atomic E-state index is 8.86. The number of anilines is 1. The van der Waals surface area contributed by atoms with Crippen molar-refractivity contribution in [1.82, 2.24) is 9.97 Å². The summed E-state index contributed by atoms with van der Waals surface area (Å²) < 4.78 is 0. The molecular weight excluding hydrogens is 212 g/mol. The van der Waals surface area contributed by atoms with Crippen LogP contribution in [0, 0.1) is 24.2 Å². The van der Waals surface area contributed by atoms with Crippen LogP contribution in [0.2, 0.25) is 0 Å². The first kappa shape index (κ1) is 11.8. The van der Waals surface area contributed by atoms with E-state index in [1.54, 1.807) is 6.07 Å². The van der Waals surface area contributed by atoms with Crippen molar-refractivity contribution in [2.75, 3.05) is 5.32 Å². The first-order chi connectivity index (χ1) is 8.17. The minimum Gasteiger partial charge on any atom is -0.351 e. The van der Waals surface area contributed by atoms with Gasteiger partial charge in [-0.1, -0.05) is 6.92 Å². The molecule has 0 saturated heterocycles. The fourth-order valence-electron chi connectivity index (χ4n) is 2.28. The van der Waals surface area contributed by atoms with Gasteiger partial charge >= 0.3 is 0 Å². The summed E-state index contributed by atoms with van der Waals surface area (Å²) in [4.78, 5) is 8.50. The monoisotopic (exact) mass is 230 g/mol. The number of hydrogen-bond acceptors (Lipinski definition) is 4. The fourth-order valence-corrected chi connectivity index (χ4v) is 2.28. The summed E-state index contributed by atoms with van der Waals surface area (Å²) in [5.41, 5.74) is 1.27. The molecule has 4 nitrogen and oxygen atoms in total. The van der Waals surface area contributed by atoms with E-state index in [0.717, 1.165) is 11.6 Å². The van der Waals surface area contributed by atoms with E-state index in [0.29, 0.717) is 17.7 Å². The third-order valence-electron chi connectivity index (χ3n) is 3.32. The Balaban J connectivity index is 2.03. The number of aromatic nitrogens is 2. The van der Waals surface area contributed by atoms with E-state index in [9.17, 15) is 0 Å². The quantitative estimate of drug-likeness (QED) is 0.848. The molecule has 0 aromatic carbocycles. The smallest absolute Gasteiger partial charge is 0.224 e. The predicted octanol–water partition coefficient (Wildman–Crippen LogP) is 2.65. The first-order valence-corrected chi connectivity index (χ1v) is 6.19. The van der Waals surface area contributed by atoms with Gasteiger partial charge in [0.25, 0.3) is 0 Å². The summed E-state index contributed by atoms with van der Waals surface area (Å²) >= 11 is 0. The van der Waals surface area contributed by atoms with Crippen LogP contribution < -0.4 is 5.32 Å². The molecule has 0 atom stereocenters. The number of nitriles is 1. The molecule has 1 heterocycles. The van der Waals surface area contributed by atoms with Crippen LogP contribution in [0.25, 0.3) is 0 Å². The summed E-state index contributed by atoms with van der Waals surface area (Å²) in [5.74, 6) is 1.43. The molecule has 17 heavy (non-hydrogen) atoms. The van der Waals surface area contributed by atoms with Gasteiger partial charge in [0.2, 0.25) is 5.95 Å². The molecule has 0 unspecified atom stereocenters. The van der Waals surface area contributed by atoms with Crippen LogP contribution in [-0.4, -0.2) is 16.0 Å². The van der Waals surface area contributed by atoms with Crippen molar-refractivity contribution in [3.8, 4) is 6.07 Å². The highest BCUT2D eigenvalue weighted by molar-refractivity contribution is 5.33. The molecule has 0 radical (unpaired) electrons. The van der Waals surface area contributed by atoms with E-state index in [4.69, 9.17) is 5.26 Å². The van der Waals surface area contributed by atoms with Gasteiger partial charge in [0.15, 0.2) is 0 Å². The lowest BCUT2D eigenvalue weighted by Crippen LogP contribution is -2.26. The van der Waals surface area contributed by atoms with Crippen molar-refractivity contribution in [2.45, 2.75) is 45.6 Å². The molecule has 1 aliphatic carbocycles. The SMILES string of the molecule is Cc1cc(C#N)nc(NC2CCC(C)CC2)n1. The Morgan fingerprint density at radius 3 is 2.65 bits per heavy atom. The van der Waals surface area contributed by atoms with Gasteiger partial charge in [0.1, 0.15) is 11.8 Å². The standard InChI is InChI=1S/C13H18N4/c1-9-3-5-11(6-4-9)16-13-15-10(2)7-12(8-14)17-13/h7,9,11H,3-6H2,1-2H3,(H,15,16,17). The van der Waals surface area contributed by atoms with Crippen LogP contribution in [0.15, 0.2) is 6.07 Å². The number of nitrogens with zero attached hydrogens (tertiary/aromatic N) is 3. The molecular formula is C13H18N4. The Morgan fingerprint density at radius 1 is 1.29 bits per heavy atom. The van der Waals surface area contributed by atoms with Crippen LogP contribution in [0.5, 0.6) is 0 Å². The molecule has 1 fully saturated rings. The second kappa shape index (κ2) is 5.13. The van der Waals surface area contributed by atoms with Crippen LogP contribution >= 0.6 is 0 Å². The van der Waals surface area contributed by atoms with Crippen LogP contribution in [-0.2, 0) is 0 Å². The Kier molecular flexibility index (Phi) is 3.58. The van der Waals surface area contributed by atoms with E-state index >= 15 is 0 Å². The van der Waals surface area contributed by atoms with Gasteiger partial charge in [-0.25, -0.2) is 9.97 Å². The lowest BCUT2D eigenvalue weighted by Gasteiger charge is -2.26. The van der Waals surface area contributed by atoms with Crippen molar-refractivity contribution in [2.24, 2.45) is 5.92 Å². The van der Waals surface area contributed by atoms with E-state index in [-0.39, 0.29) is 0 Å². The van der Waals surface area contributed by atoms with Crippen molar-refractivity contribution in [3.63, 3.8) is 0 Å². The number of rotatable bonds is 2. The molecule has 4 heteroatoms. The van der Waals surface area contributed by atoms with E-state index < -0.39 is 0 Å². The third-order valence-corrected chi connectivity index (χ3v) is 3.32. The van der Waals surface area contributed by atoms with Crippen molar-refractivity contribution in [3.05, 3.63) is 17.5 Å². The summed E-state index contributed by atoms with van der Waals surface area (Å²) in [6, 6.07) is 4.22. The van der Waals surface area contributed by atoms with Gasteiger partial charge in [0.05, 0.1) is 0 Å². The minimum atomic E-state index is 0.434. The average Bonchev–Trinajstić information content (AvgIpc) is 2.31. The van der Waals surface area contributed by atoms with Gasteiger partial charge in [-0.2, -0.15) is 5.26 Å². The molecule has 0 spiro atoms. The summed E-state index contributed by atoms with van der Waals surface area (Å²) in [7, 11) is 0. The van der Waals surface area contributed by atoms with Crippen molar-refractivity contribution < 1.29 is 0 Å². The second-order valence-electron chi connectivity index (χ2n) is 4.93. The van der Waals surface area contributed by atoms with Gasteiger partial charge in [-0.05, 0) is 44.6 Å². The average molecular weight is 230 g/mol. The Hall–Kier alpha value is -1.63. The van der Waals surface area contributed by atoms with Crippen molar-refractivity contribution >= 4 is 5.95 Å². The zero-order valence-electron chi connectivity index (χ0n) is 10.4. The molecule has 1 saturated carbocycles. The summed E-state index contributed by atoms with van der Waals surface area (Å²) in [6.07, 6.45) is 4.85. The predicted molar refractivity (Wildman–Crippen MR) is 66.5 cm³/mol. The number of aryl methyl sites for hydroxylation is 1. The van der Waals surface area contributed by atoms with Crippen molar-refractivity contribution in [1.29, 1.82) is 5.26 Å². The maximum atomic E-state index is 8.86. The highest BCUT2D eigenvalue weighted by Gasteiger charge is 2.18. The van der Waals surface area contributed by atoms with E-state index in [2.05, 4.69) is 28.3 Å². The topological polar surface area (TPSA) is 61.6 Å². The normalized spacial score (nSPS) is 24.1. The minimum absolute atomic E-state index is 0.434. The first-order valence-electron chi connectivity index (χ1n) is 6.19. The van der Waals surface area contributed by atoms with Gasteiger partial charge < -0.3 is 5.32 Å². The van der Waals surface area contributed by atoms with Crippen LogP contribution in [0.4, 0.5) is 5.95 Å². The molecule has 0 amide bonds. The van der Waals surface area contributed by atoms with E-state index in [1.807, 2.05) is 6.92 Å². The number of nitrogens with one attached hydrogen (secondary N) is 1. The second-order valence-corrected chi connectivity index (χ2v) is 4.93. The Bertz CT molecular complexity index is 428. The molecule has 2 rings (SSSR count). The van der Waals surface area contributed by atoms with Crippen LogP contribution in [0.3, 0.4) is 0 Å². The van der Waals surface area contributed by atoms with Gasteiger partial charge in [-0.3, -0.25) is 0 Å². The lowest BCUT2D eigenvalue weighted by molar-refractivity contribution is 0.360. The molecule has 90 valence electrons. The zero-order chi connectivity index (χ0) is 12.3. The Labute approximate surface area is 102 Å². The highest BCUT2D eigenvalue weighted by atomic mass is 15.1. The summed E-state index contributed by atoms with van der Waals surface area (Å²) in [5, 5.41) is 12.2. The molecule has 0 bridgehead atoms. The fraction of sp³-hybridized carbons (Fsp3) is 0.615. The van der Waals surface area contributed by atoms with Gasteiger partial charge in [-0.15, -0.1) is 0 Å². The van der Waals surface area contributed by atoms with E-state index in [1.165, 1.54) is 25.7 Å². The largest absolute Gasteiger partial charge is 0.351 e. The molecule has 1 aliphatic rings. The zero-order valence-corrected chi connectivity index (χ0v) is 10.4. The molecule has 0 aliphatic heterocycles. The number of hydrogen-bond donors (Lipinski definition) is 1. The highest BCUT2D eigenvalue weighted by Crippen LogP contribution is 2.25. The maximum Gasteiger partial charge on any atom is 0.224 e. The molecule has 1 aromatic rings. The van der Waals surface area contributed by atoms with Gasteiger partial charge in [0, 0.05) is 11.7 Å². The Morgan fingerprint density at radius 2 is 2.00 bits per heavy atom. The molecule has 1 N–H and O–H groups in total. The summed E-state index contributed by atoms with van der Waals surface area (Å²) in [6.45, 7) is 4.18. The lowest BCUT2D eigenvalue weighted by atomic mass is 9.87. The third kappa shape index (κ3) is 3.16.